The number of aromatic nitrogens is 1. The predicted molar refractivity (Wildman–Crippen MR) is 98.8 cm³/mol. The lowest BCUT2D eigenvalue weighted by atomic mass is 9.79. The van der Waals surface area contributed by atoms with Gasteiger partial charge in [0.15, 0.2) is 9.84 Å². The molecule has 8 heteroatoms. The van der Waals surface area contributed by atoms with Crippen molar-refractivity contribution in [1.82, 2.24) is 4.98 Å². The second-order valence-electron chi connectivity index (χ2n) is 8.92. The quantitative estimate of drug-likeness (QED) is 0.780. The summed E-state index contributed by atoms with van der Waals surface area (Å²) in [4.78, 5) is 4.45. The van der Waals surface area contributed by atoms with Gasteiger partial charge >= 0.3 is 7.12 Å². The van der Waals surface area contributed by atoms with Crippen LogP contribution in [0.3, 0.4) is 0 Å². The summed E-state index contributed by atoms with van der Waals surface area (Å²) in [5.74, 6) is 0. The fourth-order valence-electron chi connectivity index (χ4n) is 4.25. The van der Waals surface area contributed by atoms with Gasteiger partial charge in [0, 0.05) is 11.7 Å². The summed E-state index contributed by atoms with van der Waals surface area (Å²) in [5.41, 5.74) is -0.699. The first-order valence-corrected chi connectivity index (χ1v) is 10.8. The van der Waals surface area contributed by atoms with Crippen LogP contribution < -0.4 is 5.46 Å². The molecule has 0 amide bonds. The van der Waals surface area contributed by atoms with Crippen LogP contribution in [0, 0.1) is 0 Å². The maximum Gasteiger partial charge on any atom is 0.496 e. The molecular weight excluding hydrogens is 353 g/mol. The van der Waals surface area contributed by atoms with E-state index >= 15 is 0 Å². The molecule has 0 spiro atoms. The van der Waals surface area contributed by atoms with Crippen molar-refractivity contribution in [3.05, 3.63) is 24.0 Å². The third kappa shape index (κ3) is 2.65. The van der Waals surface area contributed by atoms with Gasteiger partial charge in [0.05, 0.1) is 27.4 Å². The Bertz CT molecular complexity index is 784. The van der Waals surface area contributed by atoms with Gasteiger partial charge in [-0.25, -0.2) is 8.42 Å². The minimum Gasteiger partial charge on any atom is -0.399 e. The average molecular weight is 379 g/mol. The van der Waals surface area contributed by atoms with Gasteiger partial charge in [0.1, 0.15) is 5.60 Å². The molecule has 1 aromatic rings. The van der Waals surface area contributed by atoms with Gasteiger partial charge < -0.3 is 14.4 Å². The Kier molecular flexibility index (Phi) is 3.92. The zero-order chi connectivity index (χ0) is 19.0. The lowest BCUT2D eigenvalue weighted by Crippen LogP contribution is -2.44. The van der Waals surface area contributed by atoms with Gasteiger partial charge in [-0.1, -0.05) is 6.07 Å². The molecule has 2 bridgehead atoms. The van der Waals surface area contributed by atoms with E-state index in [9.17, 15) is 13.5 Å². The van der Waals surface area contributed by atoms with E-state index in [-0.39, 0.29) is 12.8 Å². The smallest absolute Gasteiger partial charge is 0.399 e. The van der Waals surface area contributed by atoms with Crippen molar-refractivity contribution in [2.75, 3.05) is 0 Å². The molecule has 3 saturated heterocycles. The van der Waals surface area contributed by atoms with Crippen LogP contribution in [0.15, 0.2) is 18.3 Å². The first kappa shape index (κ1) is 18.4. The van der Waals surface area contributed by atoms with Crippen molar-refractivity contribution in [1.29, 1.82) is 0 Å². The van der Waals surface area contributed by atoms with Gasteiger partial charge in [-0.2, -0.15) is 0 Å². The van der Waals surface area contributed by atoms with Gasteiger partial charge in [0.2, 0.25) is 0 Å². The number of fused-ring (bicyclic) bond motifs is 2. The summed E-state index contributed by atoms with van der Waals surface area (Å²) in [7, 11) is -3.58. The standard InChI is InChI=1S/C18H26BNO5S/c1-16(2)17(3,4)25-19(24-16)12-5-8-15(20-11-12)18(21)9-13-6-7-14(10-18)26(13,22)23/h5,8,11,13-14,21H,6-7,9-10H2,1-4H3. The van der Waals surface area contributed by atoms with E-state index in [0.717, 1.165) is 5.46 Å². The summed E-state index contributed by atoms with van der Waals surface area (Å²) < 4.78 is 36.6. The SMILES string of the molecule is CC1(C)OB(c2ccc(C3(O)CC4CCC(C3)S4(=O)=O)nc2)OC1(C)C. The van der Waals surface area contributed by atoms with E-state index in [4.69, 9.17) is 9.31 Å². The summed E-state index contributed by atoms with van der Waals surface area (Å²) in [5, 5.41) is 10.2. The van der Waals surface area contributed by atoms with Crippen LogP contribution >= 0.6 is 0 Å². The zero-order valence-electron chi connectivity index (χ0n) is 15.7. The predicted octanol–water partition coefficient (Wildman–Crippen LogP) is 1.31. The minimum absolute atomic E-state index is 0.231. The lowest BCUT2D eigenvalue weighted by Gasteiger charge is -2.35. The topological polar surface area (TPSA) is 85.7 Å². The summed E-state index contributed by atoms with van der Waals surface area (Å²) in [6.45, 7) is 7.98. The highest BCUT2D eigenvalue weighted by Crippen LogP contribution is 2.47. The summed E-state index contributed by atoms with van der Waals surface area (Å²) >= 11 is 0. The number of hydrogen-bond donors (Lipinski definition) is 1. The van der Waals surface area contributed by atoms with Crippen LogP contribution in [-0.4, -0.2) is 47.3 Å². The van der Waals surface area contributed by atoms with Crippen molar-refractivity contribution in [2.24, 2.45) is 0 Å². The van der Waals surface area contributed by atoms with Gasteiger partial charge in [0.25, 0.3) is 0 Å². The Balaban J connectivity index is 1.56. The largest absolute Gasteiger partial charge is 0.496 e. The molecular formula is C18H26BNO5S. The highest BCUT2D eigenvalue weighted by atomic mass is 32.2. The fourth-order valence-corrected chi connectivity index (χ4v) is 6.74. The molecule has 0 aliphatic carbocycles. The number of sulfone groups is 1. The van der Waals surface area contributed by atoms with Crippen LogP contribution in [0.4, 0.5) is 0 Å². The molecule has 2 atom stereocenters. The van der Waals surface area contributed by atoms with Crippen LogP contribution in [0.25, 0.3) is 0 Å². The molecule has 142 valence electrons. The van der Waals surface area contributed by atoms with E-state index < -0.39 is 44.3 Å². The monoisotopic (exact) mass is 379 g/mol. The van der Waals surface area contributed by atoms with Crippen molar-refractivity contribution in [3.63, 3.8) is 0 Å². The molecule has 0 radical (unpaired) electrons. The summed E-state index contributed by atoms with van der Waals surface area (Å²) in [6, 6.07) is 3.63. The fraction of sp³-hybridized carbons (Fsp3) is 0.722. The van der Waals surface area contributed by atoms with Gasteiger partial charge in [-0.3, -0.25) is 4.98 Å². The van der Waals surface area contributed by atoms with Crippen molar-refractivity contribution in [3.8, 4) is 0 Å². The van der Waals surface area contributed by atoms with E-state index in [1.54, 1.807) is 12.3 Å². The molecule has 0 aromatic carbocycles. The third-order valence-electron chi connectivity index (χ3n) is 6.66. The van der Waals surface area contributed by atoms with Gasteiger partial charge in [-0.15, -0.1) is 0 Å². The zero-order valence-corrected chi connectivity index (χ0v) is 16.5. The van der Waals surface area contributed by atoms with Crippen LogP contribution in [0.2, 0.25) is 0 Å². The Labute approximate surface area is 155 Å². The number of aliphatic hydroxyl groups is 1. The Hall–Kier alpha value is -0.955. The number of pyridine rings is 1. The Morgan fingerprint density at radius 1 is 1.08 bits per heavy atom. The third-order valence-corrected chi connectivity index (χ3v) is 9.32. The van der Waals surface area contributed by atoms with Gasteiger partial charge in [-0.05, 0) is 59.4 Å². The Morgan fingerprint density at radius 3 is 2.08 bits per heavy atom. The molecule has 26 heavy (non-hydrogen) atoms. The molecule has 0 saturated carbocycles. The lowest BCUT2D eigenvalue weighted by molar-refractivity contribution is 0.00578. The maximum atomic E-state index is 12.3. The molecule has 2 unspecified atom stereocenters. The molecule has 1 N–H and O–H groups in total. The normalized spacial score (nSPS) is 37.0. The number of nitrogens with zero attached hydrogens (tertiary/aromatic N) is 1. The second-order valence-corrected chi connectivity index (χ2v) is 11.4. The highest BCUT2D eigenvalue weighted by molar-refractivity contribution is 7.93. The summed E-state index contributed by atoms with van der Waals surface area (Å²) in [6.07, 6.45) is 3.41. The molecule has 3 fully saturated rings. The number of hydrogen-bond acceptors (Lipinski definition) is 6. The van der Waals surface area contributed by atoms with Crippen molar-refractivity contribution < 1.29 is 22.8 Å². The van der Waals surface area contributed by atoms with E-state index in [1.165, 1.54) is 0 Å². The molecule has 3 aliphatic heterocycles. The van der Waals surface area contributed by atoms with Crippen molar-refractivity contribution in [2.45, 2.75) is 80.7 Å². The van der Waals surface area contributed by atoms with Crippen LogP contribution in [0.5, 0.6) is 0 Å². The Morgan fingerprint density at radius 2 is 1.62 bits per heavy atom. The second kappa shape index (κ2) is 5.53. The first-order chi connectivity index (χ1) is 11.9. The molecule has 4 heterocycles. The highest BCUT2D eigenvalue weighted by Gasteiger charge is 2.54. The molecule has 3 aliphatic rings. The number of rotatable bonds is 2. The maximum absolute atomic E-state index is 12.3. The van der Waals surface area contributed by atoms with Crippen molar-refractivity contribution >= 4 is 22.4 Å². The average Bonchev–Trinajstić information content (AvgIpc) is 2.84. The van der Waals surface area contributed by atoms with E-state index in [1.807, 2.05) is 33.8 Å². The molecule has 6 nitrogen and oxygen atoms in total. The first-order valence-electron chi connectivity index (χ1n) is 9.22. The van der Waals surface area contributed by atoms with E-state index in [0.29, 0.717) is 18.5 Å². The molecule has 1 aromatic heterocycles. The molecule has 4 rings (SSSR count). The van der Waals surface area contributed by atoms with Crippen LogP contribution in [-0.2, 0) is 24.7 Å². The van der Waals surface area contributed by atoms with E-state index in [2.05, 4.69) is 4.98 Å². The minimum atomic E-state index is -3.08. The van der Waals surface area contributed by atoms with Crippen LogP contribution in [0.1, 0.15) is 59.1 Å².